The first-order chi connectivity index (χ1) is 10.3. The second-order valence-corrected chi connectivity index (χ2v) is 6.70. The van der Waals surface area contributed by atoms with Gasteiger partial charge in [0.1, 0.15) is 0 Å². The van der Waals surface area contributed by atoms with Crippen molar-refractivity contribution in [3.63, 3.8) is 0 Å². The van der Waals surface area contributed by atoms with E-state index in [9.17, 15) is 0 Å². The SMILES string of the molecule is CCNC(=NCCc1ccc(C)cc1)NC1CCCSC1.I. The third kappa shape index (κ3) is 7.22. The molecule has 0 bridgehead atoms. The van der Waals surface area contributed by atoms with Crippen molar-refractivity contribution in [3.05, 3.63) is 35.4 Å². The number of nitrogens with zero attached hydrogens (tertiary/aromatic N) is 1. The van der Waals surface area contributed by atoms with Crippen molar-refractivity contribution in [2.75, 3.05) is 24.6 Å². The number of hydrogen-bond acceptors (Lipinski definition) is 2. The van der Waals surface area contributed by atoms with Crippen molar-refractivity contribution in [1.29, 1.82) is 0 Å². The Morgan fingerprint density at radius 1 is 1.32 bits per heavy atom. The van der Waals surface area contributed by atoms with Gasteiger partial charge in [-0.3, -0.25) is 4.99 Å². The fourth-order valence-corrected chi connectivity index (χ4v) is 3.49. The van der Waals surface area contributed by atoms with Crippen LogP contribution >= 0.6 is 35.7 Å². The molecular formula is C17H28IN3S. The van der Waals surface area contributed by atoms with Crippen LogP contribution in [0.2, 0.25) is 0 Å². The van der Waals surface area contributed by atoms with Gasteiger partial charge in [0.25, 0.3) is 0 Å². The lowest BCUT2D eigenvalue weighted by Gasteiger charge is -2.24. The lowest BCUT2D eigenvalue weighted by atomic mass is 10.1. The standard InChI is InChI=1S/C17H27N3S.HI/c1-3-18-17(20-16-5-4-12-21-13-16)19-11-10-15-8-6-14(2)7-9-15;/h6-9,16H,3-5,10-13H2,1-2H3,(H2,18,19,20);1H. The molecule has 1 atom stereocenters. The van der Waals surface area contributed by atoms with E-state index < -0.39 is 0 Å². The molecule has 2 rings (SSSR count). The number of nitrogens with one attached hydrogen (secondary N) is 2. The molecule has 1 aromatic rings. The summed E-state index contributed by atoms with van der Waals surface area (Å²) in [5.41, 5.74) is 2.67. The molecule has 0 aromatic heterocycles. The Bertz CT molecular complexity index is 442. The first-order valence-electron chi connectivity index (χ1n) is 7.96. The van der Waals surface area contributed by atoms with Gasteiger partial charge < -0.3 is 10.6 Å². The maximum Gasteiger partial charge on any atom is 0.191 e. The molecular weight excluding hydrogens is 405 g/mol. The highest BCUT2D eigenvalue weighted by molar-refractivity contribution is 14.0. The zero-order chi connectivity index (χ0) is 14.9. The number of halogens is 1. The van der Waals surface area contributed by atoms with Crippen LogP contribution in [0.4, 0.5) is 0 Å². The van der Waals surface area contributed by atoms with Gasteiger partial charge in [-0.15, -0.1) is 24.0 Å². The third-order valence-electron chi connectivity index (χ3n) is 3.64. The summed E-state index contributed by atoms with van der Waals surface area (Å²) < 4.78 is 0. The summed E-state index contributed by atoms with van der Waals surface area (Å²) in [7, 11) is 0. The molecule has 22 heavy (non-hydrogen) atoms. The second-order valence-electron chi connectivity index (χ2n) is 5.55. The highest BCUT2D eigenvalue weighted by Gasteiger charge is 2.14. The van der Waals surface area contributed by atoms with Crippen LogP contribution in [-0.4, -0.2) is 36.6 Å². The minimum absolute atomic E-state index is 0. The Morgan fingerprint density at radius 2 is 2.09 bits per heavy atom. The largest absolute Gasteiger partial charge is 0.357 e. The molecule has 2 N–H and O–H groups in total. The minimum atomic E-state index is 0. The fourth-order valence-electron chi connectivity index (χ4n) is 2.42. The smallest absolute Gasteiger partial charge is 0.191 e. The molecule has 0 amide bonds. The number of guanidine groups is 1. The number of thioether (sulfide) groups is 1. The topological polar surface area (TPSA) is 36.4 Å². The monoisotopic (exact) mass is 433 g/mol. The van der Waals surface area contributed by atoms with Crippen LogP contribution in [0.15, 0.2) is 29.3 Å². The van der Waals surface area contributed by atoms with Gasteiger partial charge in [0.05, 0.1) is 0 Å². The summed E-state index contributed by atoms with van der Waals surface area (Å²) in [6, 6.07) is 9.30. The van der Waals surface area contributed by atoms with E-state index >= 15 is 0 Å². The second kappa shape index (κ2) is 11.2. The van der Waals surface area contributed by atoms with E-state index in [-0.39, 0.29) is 24.0 Å². The number of aliphatic imine (C=N–C) groups is 1. The number of hydrogen-bond donors (Lipinski definition) is 2. The van der Waals surface area contributed by atoms with Crippen LogP contribution in [0.1, 0.15) is 30.9 Å². The third-order valence-corrected chi connectivity index (χ3v) is 4.85. The lowest BCUT2D eigenvalue weighted by Crippen LogP contribution is -2.45. The quantitative estimate of drug-likeness (QED) is 0.423. The Hall–Kier alpha value is -0.430. The molecule has 0 spiro atoms. The summed E-state index contributed by atoms with van der Waals surface area (Å²) in [4.78, 5) is 4.71. The van der Waals surface area contributed by atoms with E-state index in [1.54, 1.807) is 0 Å². The van der Waals surface area contributed by atoms with E-state index in [2.05, 4.69) is 48.7 Å². The first-order valence-corrected chi connectivity index (χ1v) is 9.11. The van der Waals surface area contributed by atoms with E-state index in [0.717, 1.165) is 25.5 Å². The maximum atomic E-state index is 4.71. The molecule has 1 unspecified atom stereocenters. The zero-order valence-electron chi connectivity index (χ0n) is 13.6. The molecule has 1 heterocycles. The molecule has 1 fully saturated rings. The molecule has 3 nitrogen and oxygen atoms in total. The molecule has 1 aromatic carbocycles. The van der Waals surface area contributed by atoms with Crippen LogP contribution in [0.5, 0.6) is 0 Å². The van der Waals surface area contributed by atoms with E-state index in [4.69, 9.17) is 4.99 Å². The molecule has 5 heteroatoms. The molecule has 0 aliphatic carbocycles. The molecule has 1 aliphatic heterocycles. The van der Waals surface area contributed by atoms with E-state index in [1.165, 1.54) is 35.5 Å². The van der Waals surface area contributed by atoms with Gasteiger partial charge in [-0.1, -0.05) is 29.8 Å². The maximum absolute atomic E-state index is 4.71. The highest BCUT2D eigenvalue weighted by atomic mass is 127. The van der Waals surface area contributed by atoms with E-state index in [1.807, 2.05) is 11.8 Å². The van der Waals surface area contributed by atoms with E-state index in [0.29, 0.717) is 6.04 Å². The first kappa shape index (κ1) is 19.6. The Morgan fingerprint density at radius 3 is 2.73 bits per heavy atom. The normalized spacial score (nSPS) is 18.5. The number of benzene rings is 1. The predicted molar refractivity (Wildman–Crippen MR) is 110 cm³/mol. The van der Waals surface area contributed by atoms with Crippen molar-refractivity contribution in [3.8, 4) is 0 Å². The summed E-state index contributed by atoms with van der Waals surface area (Å²) in [6.07, 6.45) is 3.57. The van der Waals surface area contributed by atoms with Gasteiger partial charge in [-0.2, -0.15) is 11.8 Å². The molecule has 1 aliphatic rings. The molecule has 1 saturated heterocycles. The summed E-state index contributed by atoms with van der Waals surface area (Å²) in [6.45, 7) is 5.98. The van der Waals surface area contributed by atoms with Gasteiger partial charge in [0.2, 0.25) is 0 Å². The van der Waals surface area contributed by atoms with Crippen molar-refractivity contribution in [2.45, 2.75) is 39.2 Å². The van der Waals surface area contributed by atoms with Crippen LogP contribution in [0, 0.1) is 6.92 Å². The number of aryl methyl sites for hydroxylation is 1. The van der Waals surface area contributed by atoms with Crippen molar-refractivity contribution in [1.82, 2.24) is 10.6 Å². The average molecular weight is 433 g/mol. The molecule has 124 valence electrons. The van der Waals surface area contributed by atoms with Crippen LogP contribution in [-0.2, 0) is 6.42 Å². The minimum Gasteiger partial charge on any atom is -0.357 e. The lowest BCUT2D eigenvalue weighted by molar-refractivity contribution is 0.582. The predicted octanol–water partition coefficient (Wildman–Crippen LogP) is 3.61. The van der Waals surface area contributed by atoms with Crippen molar-refractivity contribution < 1.29 is 0 Å². The van der Waals surface area contributed by atoms with Gasteiger partial charge in [0.15, 0.2) is 5.96 Å². The Balaban J connectivity index is 0.00000242. The summed E-state index contributed by atoms with van der Waals surface area (Å²) >= 11 is 2.04. The zero-order valence-corrected chi connectivity index (χ0v) is 16.7. The van der Waals surface area contributed by atoms with Gasteiger partial charge in [0, 0.05) is 24.9 Å². The number of rotatable bonds is 5. The molecule has 0 radical (unpaired) electrons. The Labute approximate surface area is 156 Å². The highest BCUT2D eigenvalue weighted by Crippen LogP contribution is 2.16. The van der Waals surface area contributed by atoms with Gasteiger partial charge in [-0.05, 0) is 44.4 Å². The molecule has 0 saturated carbocycles. The van der Waals surface area contributed by atoms with Crippen molar-refractivity contribution >= 4 is 41.7 Å². The summed E-state index contributed by atoms with van der Waals surface area (Å²) in [5, 5.41) is 6.93. The summed E-state index contributed by atoms with van der Waals surface area (Å²) in [5.74, 6) is 3.47. The average Bonchev–Trinajstić information content (AvgIpc) is 2.50. The van der Waals surface area contributed by atoms with Gasteiger partial charge in [-0.25, -0.2) is 0 Å². The van der Waals surface area contributed by atoms with Crippen LogP contribution in [0.25, 0.3) is 0 Å². The fraction of sp³-hybridized carbons (Fsp3) is 0.588. The van der Waals surface area contributed by atoms with Crippen LogP contribution < -0.4 is 10.6 Å². The van der Waals surface area contributed by atoms with Crippen LogP contribution in [0.3, 0.4) is 0 Å². The van der Waals surface area contributed by atoms with Gasteiger partial charge >= 0.3 is 0 Å². The van der Waals surface area contributed by atoms with Crippen molar-refractivity contribution in [2.24, 2.45) is 4.99 Å². The Kier molecular flexibility index (Phi) is 9.95.